The van der Waals surface area contributed by atoms with E-state index in [9.17, 15) is 4.79 Å². The van der Waals surface area contributed by atoms with Crippen molar-refractivity contribution >= 4 is 5.91 Å². The molecule has 2 rings (SSSR count). The van der Waals surface area contributed by atoms with Crippen LogP contribution in [0.2, 0.25) is 0 Å². The Kier molecular flexibility index (Phi) is 5.76. The lowest BCUT2D eigenvalue weighted by Gasteiger charge is -2.24. The van der Waals surface area contributed by atoms with Gasteiger partial charge in [0.05, 0.1) is 12.6 Å². The van der Waals surface area contributed by atoms with Gasteiger partial charge in [-0.05, 0) is 25.8 Å². The fourth-order valence-electron chi connectivity index (χ4n) is 2.75. The van der Waals surface area contributed by atoms with Gasteiger partial charge >= 0.3 is 0 Å². The Morgan fingerprint density at radius 1 is 1.24 bits per heavy atom. The third kappa shape index (κ3) is 3.83. The Labute approximate surface area is 127 Å². The Hall–Kier alpha value is -1.39. The summed E-state index contributed by atoms with van der Waals surface area (Å²) in [7, 11) is 0. The van der Waals surface area contributed by atoms with E-state index in [4.69, 9.17) is 4.74 Å². The van der Waals surface area contributed by atoms with Crippen molar-refractivity contribution in [3.05, 3.63) is 35.4 Å². The number of benzene rings is 1. The van der Waals surface area contributed by atoms with Gasteiger partial charge in [-0.25, -0.2) is 0 Å². The maximum atomic E-state index is 12.5. The molecule has 4 nitrogen and oxygen atoms in total. The fraction of sp³-hybridized carbons (Fsp3) is 0.588. The number of ether oxygens (including phenoxy) is 1. The molecule has 2 atom stereocenters. The molecule has 0 aromatic heterocycles. The van der Waals surface area contributed by atoms with Gasteiger partial charge in [-0.1, -0.05) is 43.2 Å². The molecule has 1 aromatic rings. The molecule has 4 heteroatoms. The van der Waals surface area contributed by atoms with Crippen molar-refractivity contribution in [2.75, 3.05) is 19.8 Å². The first-order chi connectivity index (χ1) is 10.2. The molecular formula is C17H26N2O2. The molecule has 0 bridgehead atoms. The first-order valence-corrected chi connectivity index (χ1v) is 7.88. The smallest absolute Gasteiger partial charge is 0.241 e. The average molecular weight is 290 g/mol. The molecule has 0 saturated carbocycles. The molecular weight excluding hydrogens is 264 g/mol. The summed E-state index contributed by atoms with van der Waals surface area (Å²) in [4.78, 5) is 14.5. The Bertz CT molecular complexity index is 458. The normalized spacial score (nSPS) is 22.0. The van der Waals surface area contributed by atoms with Crippen LogP contribution in [0.15, 0.2) is 24.3 Å². The van der Waals surface area contributed by atoms with Crippen LogP contribution >= 0.6 is 0 Å². The molecule has 1 aromatic carbocycles. The zero-order chi connectivity index (χ0) is 15.2. The minimum absolute atomic E-state index is 0.0323. The van der Waals surface area contributed by atoms with Crippen LogP contribution in [-0.4, -0.2) is 36.6 Å². The number of carbonyl (C=O) groups is 1. The molecule has 1 heterocycles. The van der Waals surface area contributed by atoms with Gasteiger partial charge in [0.2, 0.25) is 5.91 Å². The van der Waals surface area contributed by atoms with Gasteiger partial charge in [0.1, 0.15) is 6.17 Å². The van der Waals surface area contributed by atoms with Gasteiger partial charge in [-0.2, -0.15) is 0 Å². The van der Waals surface area contributed by atoms with Crippen molar-refractivity contribution in [2.45, 2.75) is 45.8 Å². The van der Waals surface area contributed by atoms with Crippen LogP contribution in [0.3, 0.4) is 0 Å². The molecule has 1 aliphatic heterocycles. The highest BCUT2D eigenvalue weighted by molar-refractivity contribution is 5.84. The zero-order valence-corrected chi connectivity index (χ0v) is 13.3. The zero-order valence-electron chi connectivity index (χ0n) is 13.3. The second-order valence-electron chi connectivity index (χ2n) is 5.55. The van der Waals surface area contributed by atoms with Crippen LogP contribution in [0.4, 0.5) is 0 Å². The number of aryl methyl sites for hydroxylation is 1. The molecule has 21 heavy (non-hydrogen) atoms. The highest BCUT2D eigenvalue weighted by Crippen LogP contribution is 2.27. The molecule has 0 aliphatic carbocycles. The molecule has 1 amide bonds. The van der Waals surface area contributed by atoms with E-state index in [1.165, 1.54) is 5.56 Å². The third-order valence-corrected chi connectivity index (χ3v) is 3.90. The molecule has 116 valence electrons. The second kappa shape index (κ2) is 7.57. The lowest BCUT2D eigenvalue weighted by molar-refractivity contribution is -0.131. The molecule has 1 aliphatic rings. The van der Waals surface area contributed by atoms with Crippen molar-refractivity contribution in [3.63, 3.8) is 0 Å². The predicted molar refractivity (Wildman–Crippen MR) is 84.0 cm³/mol. The van der Waals surface area contributed by atoms with E-state index >= 15 is 0 Å². The van der Waals surface area contributed by atoms with Crippen LogP contribution in [0.25, 0.3) is 0 Å². The molecule has 1 N–H and O–H groups in total. The molecule has 2 unspecified atom stereocenters. The summed E-state index contributed by atoms with van der Waals surface area (Å²) in [6.45, 7) is 8.07. The number of hydrogen-bond donors (Lipinski definition) is 1. The summed E-state index contributed by atoms with van der Waals surface area (Å²) < 4.78 is 5.42. The minimum atomic E-state index is -0.0667. The fourth-order valence-corrected chi connectivity index (χ4v) is 2.75. The Morgan fingerprint density at radius 2 is 1.95 bits per heavy atom. The maximum absolute atomic E-state index is 12.5. The second-order valence-corrected chi connectivity index (χ2v) is 5.55. The number of rotatable bonds is 7. The molecule has 0 radical (unpaired) electrons. The van der Waals surface area contributed by atoms with Crippen molar-refractivity contribution in [1.29, 1.82) is 0 Å². The highest BCUT2D eigenvalue weighted by atomic mass is 16.5. The van der Waals surface area contributed by atoms with Crippen LogP contribution in [0.1, 0.15) is 44.0 Å². The molecule has 0 spiro atoms. The van der Waals surface area contributed by atoms with Crippen LogP contribution in [0.5, 0.6) is 0 Å². The van der Waals surface area contributed by atoms with E-state index in [0.717, 1.165) is 18.4 Å². The number of nitrogens with zero attached hydrogens (tertiary/aromatic N) is 1. The van der Waals surface area contributed by atoms with E-state index in [2.05, 4.69) is 43.4 Å². The van der Waals surface area contributed by atoms with Gasteiger partial charge in [0.25, 0.3) is 0 Å². The summed E-state index contributed by atoms with van der Waals surface area (Å²) in [5.41, 5.74) is 2.37. The standard InChI is InChI=1S/C17H26N2O2/c1-4-6-15-17(20)19(11-12-21-5-2)16(18-15)14-9-7-13(3)8-10-14/h7-10,15-16,18H,4-6,11-12H2,1-3H3. The SMILES string of the molecule is CCCC1NC(c2ccc(C)cc2)N(CCOCC)C1=O. The Morgan fingerprint density at radius 3 is 2.57 bits per heavy atom. The lowest BCUT2D eigenvalue weighted by Crippen LogP contribution is -2.34. The summed E-state index contributed by atoms with van der Waals surface area (Å²) in [6.07, 6.45) is 1.85. The van der Waals surface area contributed by atoms with E-state index in [1.54, 1.807) is 0 Å². The highest BCUT2D eigenvalue weighted by Gasteiger charge is 2.38. The van der Waals surface area contributed by atoms with Crippen LogP contribution < -0.4 is 5.32 Å². The van der Waals surface area contributed by atoms with E-state index in [-0.39, 0.29) is 18.1 Å². The van der Waals surface area contributed by atoms with E-state index < -0.39 is 0 Å². The molecule has 1 saturated heterocycles. The van der Waals surface area contributed by atoms with Gasteiger partial charge in [-0.3, -0.25) is 10.1 Å². The lowest BCUT2D eigenvalue weighted by atomic mass is 10.1. The van der Waals surface area contributed by atoms with Crippen LogP contribution in [-0.2, 0) is 9.53 Å². The topological polar surface area (TPSA) is 41.6 Å². The summed E-state index contributed by atoms with van der Waals surface area (Å²) in [5, 5.41) is 3.48. The summed E-state index contributed by atoms with van der Waals surface area (Å²) >= 11 is 0. The van der Waals surface area contributed by atoms with Gasteiger partial charge < -0.3 is 9.64 Å². The quantitative estimate of drug-likeness (QED) is 0.785. The average Bonchev–Trinajstić information content (AvgIpc) is 2.78. The van der Waals surface area contributed by atoms with E-state index in [0.29, 0.717) is 19.8 Å². The number of nitrogens with one attached hydrogen (secondary N) is 1. The number of hydrogen-bond acceptors (Lipinski definition) is 3. The largest absolute Gasteiger partial charge is 0.380 e. The Balaban J connectivity index is 2.14. The maximum Gasteiger partial charge on any atom is 0.241 e. The van der Waals surface area contributed by atoms with Gasteiger partial charge in [0, 0.05) is 13.2 Å². The van der Waals surface area contributed by atoms with Crippen molar-refractivity contribution in [3.8, 4) is 0 Å². The summed E-state index contributed by atoms with van der Waals surface area (Å²) in [6, 6.07) is 8.32. The first-order valence-electron chi connectivity index (χ1n) is 7.88. The monoisotopic (exact) mass is 290 g/mol. The molecule has 1 fully saturated rings. The van der Waals surface area contributed by atoms with Gasteiger partial charge in [0.15, 0.2) is 0 Å². The first kappa shape index (κ1) is 16.0. The van der Waals surface area contributed by atoms with Crippen LogP contribution in [0, 0.1) is 6.92 Å². The van der Waals surface area contributed by atoms with Gasteiger partial charge in [-0.15, -0.1) is 0 Å². The van der Waals surface area contributed by atoms with E-state index in [1.807, 2.05) is 11.8 Å². The number of carbonyl (C=O) groups excluding carboxylic acids is 1. The van der Waals surface area contributed by atoms with Crippen molar-refractivity contribution < 1.29 is 9.53 Å². The third-order valence-electron chi connectivity index (χ3n) is 3.90. The van der Waals surface area contributed by atoms with Crippen molar-refractivity contribution in [2.24, 2.45) is 0 Å². The predicted octanol–water partition coefficient (Wildman–Crippen LogP) is 2.63. The summed E-state index contributed by atoms with van der Waals surface area (Å²) in [5.74, 6) is 0.196. The number of amides is 1. The minimum Gasteiger partial charge on any atom is -0.380 e. The van der Waals surface area contributed by atoms with Crippen molar-refractivity contribution in [1.82, 2.24) is 10.2 Å².